The van der Waals surface area contributed by atoms with E-state index in [9.17, 15) is 13.2 Å². The lowest BCUT2D eigenvalue weighted by molar-refractivity contribution is -0.146. The molecule has 0 aromatic heterocycles. The topological polar surface area (TPSA) is 39.1 Å². The summed E-state index contributed by atoms with van der Waals surface area (Å²) in [6.45, 7) is 6.02. The second-order valence-electron chi connectivity index (χ2n) is 5.01. The molecule has 0 saturated carbocycles. The number of nitriles is 1. The summed E-state index contributed by atoms with van der Waals surface area (Å²) >= 11 is 0. The molecule has 0 aromatic carbocycles. The minimum absolute atomic E-state index is 0.272. The van der Waals surface area contributed by atoms with Crippen LogP contribution in [-0.2, 0) is 0 Å². The van der Waals surface area contributed by atoms with E-state index in [1.807, 2.05) is 13.8 Å². The highest BCUT2D eigenvalue weighted by atomic mass is 19.4. The molecule has 0 amide bonds. The summed E-state index contributed by atoms with van der Waals surface area (Å²) in [5.41, 5.74) is -0.756. The van der Waals surface area contributed by atoms with Crippen LogP contribution in [0.5, 0.6) is 0 Å². The Bertz CT molecular complexity index is 286. The van der Waals surface area contributed by atoms with E-state index in [-0.39, 0.29) is 6.54 Å². The molecule has 6 heteroatoms. The highest BCUT2D eigenvalue weighted by Gasteiger charge is 2.31. The fourth-order valence-corrected chi connectivity index (χ4v) is 1.81. The van der Waals surface area contributed by atoms with Gasteiger partial charge in [0.15, 0.2) is 0 Å². The lowest BCUT2D eigenvalue weighted by Crippen LogP contribution is -2.45. The van der Waals surface area contributed by atoms with Gasteiger partial charge in [0.25, 0.3) is 0 Å². The molecule has 1 unspecified atom stereocenters. The van der Waals surface area contributed by atoms with E-state index in [4.69, 9.17) is 5.26 Å². The monoisotopic (exact) mass is 279 g/mol. The van der Waals surface area contributed by atoms with Crippen molar-refractivity contribution in [3.8, 4) is 6.07 Å². The molecule has 0 radical (unpaired) electrons. The largest absolute Gasteiger partial charge is 0.401 e. The number of nitrogens with one attached hydrogen (secondary N) is 1. The minimum Gasteiger partial charge on any atom is -0.300 e. The van der Waals surface area contributed by atoms with E-state index >= 15 is 0 Å². The molecular formula is C13H24F3N3. The van der Waals surface area contributed by atoms with Gasteiger partial charge in [0, 0.05) is 6.54 Å². The van der Waals surface area contributed by atoms with Gasteiger partial charge in [-0.15, -0.1) is 0 Å². The Morgan fingerprint density at radius 3 is 2.21 bits per heavy atom. The van der Waals surface area contributed by atoms with Crippen molar-refractivity contribution in [2.24, 2.45) is 0 Å². The Kier molecular flexibility index (Phi) is 8.03. The zero-order valence-corrected chi connectivity index (χ0v) is 12.0. The van der Waals surface area contributed by atoms with Crippen LogP contribution in [0, 0.1) is 11.3 Å². The average Bonchev–Trinajstić information content (AvgIpc) is 2.32. The fourth-order valence-electron chi connectivity index (χ4n) is 1.81. The maximum absolute atomic E-state index is 12.4. The minimum atomic E-state index is -4.19. The third-order valence-corrected chi connectivity index (χ3v) is 2.88. The molecule has 1 atom stereocenters. The second-order valence-corrected chi connectivity index (χ2v) is 5.01. The van der Waals surface area contributed by atoms with Crippen LogP contribution in [0.1, 0.15) is 40.0 Å². The van der Waals surface area contributed by atoms with Crippen LogP contribution in [0.4, 0.5) is 13.2 Å². The number of rotatable bonds is 9. The van der Waals surface area contributed by atoms with Gasteiger partial charge >= 0.3 is 6.18 Å². The smallest absolute Gasteiger partial charge is 0.300 e. The first-order valence-corrected chi connectivity index (χ1v) is 6.71. The van der Waals surface area contributed by atoms with E-state index in [1.165, 1.54) is 4.90 Å². The van der Waals surface area contributed by atoms with Gasteiger partial charge in [-0.05, 0) is 39.3 Å². The van der Waals surface area contributed by atoms with Crippen LogP contribution in [0.25, 0.3) is 0 Å². The first-order valence-electron chi connectivity index (χ1n) is 6.71. The molecule has 0 fully saturated rings. The van der Waals surface area contributed by atoms with Crippen molar-refractivity contribution in [1.29, 1.82) is 5.26 Å². The molecule has 112 valence electrons. The summed E-state index contributed by atoms with van der Waals surface area (Å²) in [6.07, 6.45) is -2.24. The Morgan fingerprint density at radius 1 is 1.16 bits per heavy atom. The Labute approximate surface area is 113 Å². The van der Waals surface area contributed by atoms with Crippen molar-refractivity contribution in [2.45, 2.75) is 51.7 Å². The lowest BCUT2D eigenvalue weighted by Gasteiger charge is -2.28. The van der Waals surface area contributed by atoms with Crippen LogP contribution < -0.4 is 5.32 Å². The van der Waals surface area contributed by atoms with Gasteiger partial charge in [-0.3, -0.25) is 10.2 Å². The Balaban J connectivity index is 4.39. The van der Waals surface area contributed by atoms with E-state index < -0.39 is 18.3 Å². The standard InChI is InChI=1S/C13H24F3N3/c1-4-7-18-12(3,10-17)6-9-19(8-5-2)11-13(14,15)16/h18H,4-9,11H2,1-3H3. The van der Waals surface area contributed by atoms with Crippen LogP contribution in [0.15, 0.2) is 0 Å². The summed E-state index contributed by atoms with van der Waals surface area (Å²) in [7, 11) is 0. The van der Waals surface area contributed by atoms with Crippen molar-refractivity contribution in [3.63, 3.8) is 0 Å². The van der Waals surface area contributed by atoms with E-state index in [0.29, 0.717) is 25.9 Å². The average molecular weight is 279 g/mol. The molecule has 0 saturated heterocycles. The number of alkyl halides is 3. The van der Waals surface area contributed by atoms with Gasteiger partial charge in [-0.2, -0.15) is 18.4 Å². The summed E-state index contributed by atoms with van der Waals surface area (Å²) in [4.78, 5) is 1.36. The molecular weight excluding hydrogens is 255 g/mol. The highest BCUT2D eigenvalue weighted by molar-refractivity contribution is 5.03. The molecule has 0 aromatic rings. The van der Waals surface area contributed by atoms with Crippen LogP contribution in [0.3, 0.4) is 0 Å². The molecule has 0 bridgehead atoms. The summed E-state index contributed by atoms with van der Waals surface area (Å²) in [6, 6.07) is 2.15. The number of hydrogen-bond donors (Lipinski definition) is 1. The van der Waals surface area contributed by atoms with Gasteiger partial charge < -0.3 is 0 Å². The summed E-state index contributed by atoms with van der Waals surface area (Å²) in [5, 5.41) is 12.2. The van der Waals surface area contributed by atoms with Crippen molar-refractivity contribution in [1.82, 2.24) is 10.2 Å². The van der Waals surface area contributed by atoms with Gasteiger partial charge in [-0.1, -0.05) is 13.8 Å². The molecule has 0 heterocycles. The number of hydrogen-bond acceptors (Lipinski definition) is 3. The van der Waals surface area contributed by atoms with E-state index in [0.717, 1.165) is 6.42 Å². The molecule has 0 rings (SSSR count). The fraction of sp³-hybridized carbons (Fsp3) is 0.923. The number of halogens is 3. The molecule has 1 N–H and O–H groups in total. The van der Waals surface area contributed by atoms with Crippen molar-refractivity contribution in [3.05, 3.63) is 0 Å². The first kappa shape index (κ1) is 18.2. The maximum Gasteiger partial charge on any atom is 0.401 e. The normalized spacial score (nSPS) is 15.3. The zero-order chi connectivity index (χ0) is 14.9. The van der Waals surface area contributed by atoms with Gasteiger partial charge in [0.1, 0.15) is 5.54 Å². The highest BCUT2D eigenvalue weighted by Crippen LogP contribution is 2.18. The molecule has 0 aliphatic carbocycles. The molecule has 3 nitrogen and oxygen atoms in total. The number of nitrogens with zero attached hydrogens (tertiary/aromatic N) is 2. The third kappa shape index (κ3) is 8.84. The molecule has 0 spiro atoms. The van der Waals surface area contributed by atoms with Crippen LogP contribution in [0.2, 0.25) is 0 Å². The van der Waals surface area contributed by atoms with Crippen molar-refractivity contribution >= 4 is 0 Å². The van der Waals surface area contributed by atoms with Gasteiger partial charge in [0.2, 0.25) is 0 Å². The third-order valence-electron chi connectivity index (χ3n) is 2.88. The van der Waals surface area contributed by atoms with Gasteiger partial charge in [-0.25, -0.2) is 0 Å². The second kappa shape index (κ2) is 8.39. The van der Waals surface area contributed by atoms with Crippen molar-refractivity contribution in [2.75, 3.05) is 26.2 Å². The molecule has 0 aliphatic rings. The Morgan fingerprint density at radius 2 is 1.79 bits per heavy atom. The zero-order valence-electron chi connectivity index (χ0n) is 12.0. The van der Waals surface area contributed by atoms with Crippen LogP contribution in [-0.4, -0.2) is 42.8 Å². The maximum atomic E-state index is 12.4. The van der Waals surface area contributed by atoms with Gasteiger partial charge in [0.05, 0.1) is 12.6 Å². The van der Waals surface area contributed by atoms with E-state index in [1.54, 1.807) is 6.92 Å². The van der Waals surface area contributed by atoms with Crippen LogP contribution >= 0.6 is 0 Å². The predicted octanol–water partition coefficient (Wildman–Crippen LogP) is 2.93. The predicted molar refractivity (Wildman–Crippen MR) is 69.7 cm³/mol. The summed E-state index contributed by atoms with van der Waals surface area (Å²) in [5.74, 6) is 0. The first-order chi connectivity index (χ1) is 8.76. The summed E-state index contributed by atoms with van der Waals surface area (Å²) < 4.78 is 37.2. The van der Waals surface area contributed by atoms with E-state index in [2.05, 4.69) is 11.4 Å². The molecule has 0 aliphatic heterocycles. The SMILES string of the molecule is CCCNC(C)(C#N)CCN(CCC)CC(F)(F)F. The lowest BCUT2D eigenvalue weighted by atomic mass is 9.99. The molecule has 19 heavy (non-hydrogen) atoms. The van der Waals surface area contributed by atoms with Crippen molar-refractivity contribution < 1.29 is 13.2 Å². The Hall–Kier alpha value is -0.800. The quantitative estimate of drug-likeness (QED) is 0.705.